The van der Waals surface area contributed by atoms with Gasteiger partial charge in [0.25, 0.3) is 0 Å². The van der Waals surface area contributed by atoms with Crippen LogP contribution in [0.2, 0.25) is 0 Å². The molecule has 2 rings (SSSR count). The predicted molar refractivity (Wildman–Crippen MR) is 59.4 cm³/mol. The summed E-state index contributed by atoms with van der Waals surface area (Å²) in [7, 11) is 0. The molecule has 2 aromatic rings. The van der Waals surface area contributed by atoms with Gasteiger partial charge in [-0.1, -0.05) is 0 Å². The fourth-order valence-corrected chi connectivity index (χ4v) is 1.65. The molecule has 0 saturated carbocycles. The summed E-state index contributed by atoms with van der Waals surface area (Å²) in [5.41, 5.74) is 2.51. The molecule has 80 valence electrons. The number of nitrogens with one attached hydrogen (secondary N) is 1. The number of nitrogens with zero attached hydrogens (tertiary/aromatic N) is 1. The lowest BCUT2D eigenvalue weighted by Gasteiger charge is -2.06. The molecule has 2 heterocycles. The highest BCUT2D eigenvalue weighted by Crippen LogP contribution is 2.03. The van der Waals surface area contributed by atoms with Crippen molar-refractivity contribution < 1.29 is 4.42 Å². The number of hydrogen-bond donors (Lipinski definition) is 1. The molecule has 0 atom stereocenters. The minimum atomic E-state index is 0.853. The van der Waals surface area contributed by atoms with Crippen LogP contribution < -0.4 is 5.32 Å². The Bertz CT molecular complexity index is 389. The van der Waals surface area contributed by atoms with Crippen molar-refractivity contribution in [3.63, 3.8) is 0 Å². The van der Waals surface area contributed by atoms with Gasteiger partial charge in [-0.15, -0.1) is 0 Å². The van der Waals surface area contributed by atoms with Crippen LogP contribution in [0.25, 0.3) is 0 Å². The standard InChI is InChI=1S/C12H16N2O/c1-2-14-6-3-4-12(14)9-13-8-11-5-7-15-10-11/h3-7,10,13H,2,8-9H2,1H3. The molecular weight excluding hydrogens is 188 g/mol. The van der Waals surface area contributed by atoms with Crippen molar-refractivity contribution >= 4 is 0 Å². The van der Waals surface area contributed by atoms with Crippen molar-refractivity contribution in [3.05, 3.63) is 48.2 Å². The third-order valence-electron chi connectivity index (χ3n) is 2.48. The predicted octanol–water partition coefficient (Wildman–Crippen LogP) is 2.39. The summed E-state index contributed by atoms with van der Waals surface area (Å²) in [6, 6.07) is 6.20. The Hall–Kier alpha value is -1.48. The summed E-state index contributed by atoms with van der Waals surface area (Å²) in [5.74, 6) is 0. The SMILES string of the molecule is CCn1cccc1CNCc1ccoc1. The normalized spacial score (nSPS) is 10.7. The zero-order valence-electron chi connectivity index (χ0n) is 8.94. The summed E-state index contributed by atoms with van der Waals surface area (Å²) in [5, 5.41) is 3.38. The van der Waals surface area contributed by atoms with Crippen LogP contribution in [0, 0.1) is 0 Å². The van der Waals surface area contributed by atoms with E-state index in [2.05, 4.69) is 35.1 Å². The number of aryl methyl sites for hydroxylation is 1. The molecule has 0 spiro atoms. The average Bonchev–Trinajstić information content (AvgIpc) is 2.88. The van der Waals surface area contributed by atoms with E-state index in [0.717, 1.165) is 19.6 Å². The Balaban J connectivity index is 1.83. The monoisotopic (exact) mass is 204 g/mol. The molecule has 0 aliphatic heterocycles. The Kier molecular flexibility index (Phi) is 3.25. The first-order chi connectivity index (χ1) is 7.40. The van der Waals surface area contributed by atoms with Gasteiger partial charge in [0, 0.05) is 37.1 Å². The number of hydrogen-bond acceptors (Lipinski definition) is 2. The molecule has 0 amide bonds. The summed E-state index contributed by atoms with van der Waals surface area (Å²) in [4.78, 5) is 0. The van der Waals surface area contributed by atoms with Gasteiger partial charge in [-0.25, -0.2) is 0 Å². The lowest BCUT2D eigenvalue weighted by molar-refractivity contribution is 0.558. The highest BCUT2D eigenvalue weighted by molar-refractivity contribution is 5.08. The van der Waals surface area contributed by atoms with E-state index < -0.39 is 0 Å². The molecule has 0 aromatic carbocycles. The van der Waals surface area contributed by atoms with E-state index in [1.54, 1.807) is 12.5 Å². The van der Waals surface area contributed by atoms with E-state index in [-0.39, 0.29) is 0 Å². The molecule has 0 fully saturated rings. The van der Waals surface area contributed by atoms with E-state index in [1.165, 1.54) is 11.3 Å². The van der Waals surface area contributed by atoms with Crippen LogP contribution >= 0.6 is 0 Å². The molecule has 0 saturated heterocycles. The van der Waals surface area contributed by atoms with Gasteiger partial charge in [-0.05, 0) is 25.1 Å². The average molecular weight is 204 g/mol. The van der Waals surface area contributed by atoms with Gasteiger partial charge in [0.2, 0.25) is 0 Å². The zero-order chi connectivity index (χ0) is 10.5. The van der Waals surface area contributed by atoms with E-state index >= 15 is 0 Å². The maximum absolute atomic E-state index is 5.00. The van der Waals surface area contributed by atoms with Crippen molar-refractivity contribution in [3.8, 4) is 0 Å². The second kappa shape index (κ2) is 4.84. The summed E-state index contributed by atoms with van der Waals surface area (Å²) < 4.78 is 7.24. The smallest absolute Gasteiger partial charge is 0.0947 e. The summed E-state index contributed by atoms with van der Waals surface area (Å²) in [6.07, 6.45) is 5.58. The third-order valence-corrected chi connectivity index (χ3v) is 2.48. The van der Waals surface area contributed by atoms with E-state index in [1.807, 2.05) is 6.07 Å². The van der Waals surface area contributed by atoms with Crippen molar-refractivity contribution in [1.82, 2.24) is 9.88 Å². The highest BCUT2D eigenvalue weighted by Gasteiger charge is 1.98. The summed E-state index contributed by atoms with van der Waals surface area (Å²) in [6.45, 7) is 4.92. The second-order valence-corrected chi connectivity index (χ2v) is 3.52. The van der Waals surface area contributed by atoms with Gasteiger partial charge >= 0.3 is 0 Å². The Labute approximate surface area is 89.7 Å². The van der Waals surface area contributed by atoms with Gasteiger partial charge in [-0.3, -0.25) is 0 Å². The third kappa shape index (κ3) is 2.50. The molecule has 3 heteroatoms. The lowest BCUT2D eigenvalue weighted by Crippen LogP contribution is -2.14. The Morgan fingerprint density at radius 2 is 2.27 bits per heavy atom. The Morgan fingerprint density at radius 1 is 1.33 bits per heavy atom. The van der Waals surface area contributed by atoms with Crippen LogP contribution in [0.3, 0.4) is 0 Å². The molecule has 0 bridgehead atoms. The van der Waals surface area contributed by atoms with Crippen molar-refractivity contribution in [2.75, 3.05) is 0 Å². The van der Waals surface area contributed by atoms with Crippen molar-refractivity contribution in [2.45, 2.75) is 26.6 Å². The molecule has 15 heavy (non-hydrogen) atoms. The highest BCUT2D eigenvalue weighted by atomic mass is 16.3. The van der Waals surface area contributed by atoms with E-state index in [0.29, 0.717) is 0 Å². The summed E-state index contributed by atoms with van der Waals surface area (Å²) >= 11 is 0. The molecule has 0 aliphatic carbocycles. The lowest BCUT2D eigenvalue weighted by atomic mass is 10.3. The van der Waals surface area contributed by atoms with E-state index in [4.69, 9.17) is 4.42 Å². The molecule has 1 N–H and O–H groups in total. The minimum Gasteiger partial charge on any atom is -0.472 e. The van der Waals surface area contributed by atoms with Crippen LogP contribution in [-0.4, -0.2) is 4.57 Å². The maximum Gasteiger partial charge on any atom is 0.0947 e. The maximum atomic E-state index is 5.00. The van der Waals surface area contributed by atoms with Crippen LogP contribution in [0.1, 0.15) is 18.2 Å². The number of aromatic nitrogens is 1. The molecule has 2 aromatic heterocycles. The zero-order valence-corrected chi connectivity index (χ0v) is 8.94. The van der Waals surface area contributed by atoms with Crippen LogP contribution in [-0.2, 0) is 19.6 Å². The molecule has 0 unspecified atom stereocenters. The van der Waals surface area contributed by atoms with Crippen molar-refractivity contribution in [1.29, 1.82) is 0 Å². The quantitative estimate of drug-likeness (QED) is 0.810. The fraction of sp³-hybridized carbons (Fsp3) is 0.333. The number of rotatable bonds is 5. The first kappa shape index (κ1) is 10.1. The van der Waals surface area contributed by atoms with Crippen LogP contribution in [0.15, 0.2) is 41.3 Å². The van der Waals surface area contributed by atoms with Crippen LogP contribution in [0.5, 0.6) is 0 Å². The molecule has 0 radical (unpaired) electrons. The van der Waals surface area contributed by atoms with Gasteiger partial charge in [-0.2, -0.15) is 0 Å². The largest absolute Gasteiger partial charge is 0.472 e. The van der Waals surface area contributed by atoms with Gasteiger partial charge in [0.15, 0.2) is 0 Å². The van der Waals surface area contributed by atoms with E-state index in [9.17, 15) is 0 Å². The molecular formula is C12H16N2O. The minimum absolute atomic E-state index is 0.853. The first-order valence-corrected chi connectivity index (χ1v) is 5.26. The Morgan fingerprint density at radius 3 is 3.00 bits per heavy atom. The topological polar surface area (TPSA) is 30.1 Å². The van der Waals surface area contributed by atoms with Crippen molar-refractivity contribution in [2.24, 2.45) is 0 Å². The van der Waals surface area contributed by atoms with Gasteiger partial charge in [0.05, 0.1) is 12.5 Å². The van der Waals surface area contributed by atoms with Gasteiger partial charge in [0.1, 0.15) is 0 Å². The molecule has 3 nitrogen and oxygen atoms in total. The molecule has 0 aliphatic rings. The number of furan rings is 1. The van der Waals surface area contributed by atoms with Gasteiger partial charge < -0.3 is 14.3 Å². The fourth-order valence-electron chi connectivity index (χ4n) is 1.65. The van der Waals surface area contributed by atoms with Crippen LogP contribution in [0.4, 0.5) is 0 Å². The first-order valence-electron chi connectivity index (χ1n) is 5.26. The second-order valence-electron chi connectivity index (χ2n) is 3.52.